The molecular weight excluding hydrogens is 440 g/mol. The molecular formula is C25H28N2O5S. The summed E-state index contributed by atoms with van der Waals surface area (Å²) in [6.07, 6.45) is 5.24. The summed E-state index contributed by atoms with van der Waals surface area (Å²) < 4.78 is 23.1. The molecule has 2 aromatic carbocycles. The third-order valence-electron chi connectivity index (χ3n) is 5.55. The predicted octanol–water partition coefficient (Wildman–Crippen LogP) is 4.86. The fraction of sp³-hybridized carbons (Fsp3) is 0.360. The maximum atomic E-state index is 13.3. The second-order valence-corrected chi connectivity index (χ2v) is 8.85. The molecule has 0 N–H and O–H groups in total. The summed E-state index contributed by atoms with van der Waals surface area (Å²) >= 11 is 1.52. The minimum Gasteiger partial charge on any atom is -0.493 e. The summed E-state index contributed by atoms with van der Waals surface area (Å²) in [5.41, 5.74) is 2.81. The summed E-state index contributed by atoms with van der Waals surface area (Å²) in [6, 6.07) is 9.72. The van der Waals surface area contributed by atoms with Gasteiger partial charge in [-0.05, 0) is 61.2 Å². The van der Waals surface area contributed by atoms with Gasteiger partial charge in [0, 0.05) is 12.7 Å². The maximum Gasteiger partial charge on any atom is 0.252 e. The van der Waals surface area contributed by atoms with Gasteiger partial charge >= 0.3 is 0 Å². The Morgan fingerprint density at radius 1 is 1.18 bits per heavy atom. The van der Waals surface area contributed by atoms with E-state index in [1.165, 1.54) is 11.3 Å². The standard InChI is InChI=1S/C25H28N2O5S/c1-16-7-9-19-22(12-16)33-25(26-19)27(15-18-6-5-11-32-18)23(28)10-8-17-13-20(29-2)24(31-4)21(14-17)30-3/h7-10,12-14,18H,5-6,11,15H2,1-4H3/b10-8+. The van der Waals surface area contributed by atoms with Crippen LogP contribution in [0.1, 0.15) is 24.0 Å². The highest BCUT2D eigenvalue weighted by Crippen LogP contribution is 2.38. The van der Waals surface area contributed by atoms with E-state index in [4.69, 9.17) is 23.9 Å². The zero-order chi connectivity index (χ0) is 23.4. The lowest BCUT2D eigenvalue weighted by molar-refractivity contribution is -0.114. The number of rotatable bonds is 8. The Kier molecular flexibility index (Phi) is 7.15. The summed E-state index contributed by atoms with van der Waals surface area (Å²) in [4.78, 5) is 19.8. The maximum absolute atomic E-state index is 13.3. The van der Waals surface area contributed by atoms with Crippen molar-refractivity contribution < 1.29 is 23.7 Å². The Balaban J connectivity index is 1.64. The number of hydrogen-bond donors (Lipinski definition) is 0. The highest BCUT2D eigenvalue weighted by Gasteiger charge is 2.25. The lowest BCUT2D eigenvalue weighted by Gasteiger charge is -2.21. The molecule has 33 heavy (non-hydrogen) atoms. The first-order valence-corrected chi connectivity index (χ1v) is 11.6. The number of thiazole rings is 1. The molecule has 4 rings (SSSR count). The molecule has 7 nitrogen and oxygen atoms in total. The van der Waals surface area contributed by atoms with Gasteiger partial charge in [0.1, 0.15) is 0 Å². The lowest BCUT2D eigenvalue weighted by atomic mass is 10.1. The van der Waals surface area contributed by atoms with Crippen molar-refractivity contribution in [2.24, 2.45) is 0 Å². The molecule has 1 saturated heterocycles. The van der Waals surface area contributed by atoms with Crippen LogP contribution in [0.2, 0.25) is 0 Å². The molecule has 1 aromatic heterocycles. The van der Waals surface area contributed by atoms with Crippen molar-refractivity contribution in [1.29, 1.82) is 0 Å². The Morgan fingerprint density at radius 3 is 2.58 bits per heavy atom. The number of anilines is 1. The molecule has 1 aliphatic heterocycles. The Hall–Kier alpha value is -3.10. The minimum absolute atomic E-state index is 0.0114. The smallest absolute Gasteiger partial charge is 0.252 e. The van der Waals surface area contributed by atoms with Crippen LogP contribution in [0.4, 0.5) is 5.13 Å². The van der Waals surface area contributed by atoms with E-state index in [1.54, 1.807) is 50.5 Å². The number of carbonyl (C=O) groups is 1. The minimum atomic E-state index is -0.157. The molecule has 1 atom stereocenters. The first-order valence-electron chi connectivity index (χ1n) is 10.8. The first kappa shape index (κ1) is 23.1. The van der Waals surface area contributed by atoms with E-state index in [0.29, 0.717) is 28.9 Å². The van der Waals surface area contributed by atoms with Gasteiger partial charge in [-0.2, -0.15) is 0 Å². The van der Waals surface area contributed by atoms with Crippen molar-refractivity contribution in [3.63, 3.8) is 0 Å². The molecule has 1 amide bonds. The second kappa shape index (κ2) is 10.2. The molecule has 1 unspecified atom stereocenters. The molecule has 8 heteroatoms. The fourth-order valence-electron chi connectivity index (χ4n) is 3.84. The number of amides is 1. The zero-order valence-corrected chi connectivity index (χ0v) is 20.1. The average molecular weight is 469 g/mol. The number of nitrogens with zero attached hydrogens (tertiary/aromatic N) is 2. The summed E-state index contributed by atoms with van der Waals surface area (Å²) in [7, 11) is 4.68. The normalized spacial score (nSPS) is 15.8. The number of carbonyl (C=O) groups excluding carboxylic acids is 1. The van der Waals surface area contributed by atoms with Crippen LogP contribution in [0.3, 0.4) is 0 Å². The first-order chi connectivity index (χ1) is 16.0. The van der Waals surface area contributed by atoms with E-state index >= 15 is 0 Å². The van der Waals surface area contributed by atoms with Gasteiger partial charge in [0.05, 0.1) is 44.2 Å². The summed E-state index contributed by atoms with van der Waals surface area (Å²) in [5, 5.41) is 0.672. The van der Waals surface area contributed by atoms with Crippen molar-refractivity contribution in [1.82, 2.24) is 4.98 Å². The van der Waals surface area contributed by atoms with Crippen molar-refractivity contribution in [3.8, 4) is 17.2 Å². The molecule has 0 aliphatic carbocycles. The fourth-order valence-corrected chi connectivity index (χ4v) is 4.92. The number of fused-ring (bicyclic) bond motifs is 1. The third-order valence-corrected chi connectivity index (χ3v) is 6.59. The SMILES string of the molecule is COc1cc(/C=C/C(=O)N(CC2CCCO2)c2nc3ccc(C)cc3s2)cc(OC)c1OC. The summed E-state index contributed by atoms with van der Waals surface area (Å²) in [5.74, 6) is 1.41. The van der Waals surface area contributed by atoms with E-state index in [-0.39, 0.29) is 12.0 Å². The number of aromatic nitrogens is 1. The number of hydrogen-bond acceptors (Lipinski definition) is 7. The Labute approximate surface area is 197 Å². The van der Waals surface area contributed by atoms with Crippen LogP contribution in [0.25, 0.3) is 16.3 Å². The molecule has 174 valence electrons. The topological polar surface area (TPSA) is 70.1 Å². The largest absolute Gasteiger partial charge is 0.493 e. The van der Waals surface area contributed by atoms with Crippen LogP contribution < -0.4 is 19.1 Å². The van der Waals surface area contributed by atoms with Crippen molar-refractivity contribution in [2.75, 3.05) is 39.4 Å². The van der Waals surface area contributed by atoms with Gasteiger partial charge in [0.25, 0.3) is 5.91 Å². The van der Waals surface area contributed by atoms with Crippen LogP contribution in [0.15, 0.2) is 36.4 Å². The molecule has 0 radical (unpaired) electrons. The Morgan fingerprint density at radius 2 is 1.94 bits per heavy atom. The highest BCUT2D eigenvalue weighted by molar-refractivity contribution is 7.22. The van der Waals surface area contributed by atoms with Crippen LogP contribution in [-0.4, -0.2) is 51.5 Å². The molecule has 0 saturated carbocycles. The zero-order valence-electron chi connectivity index (χ0n) is 19.3. The van der Waals surface area contributed by atoms with Gasteiger partial charge in [-0.3, -0.25) is 9.69 Å². The van der Waals surface area contributed by atoms with E-state index in [9.17, 15) is 4.79 Å². The molecule has 3 aromatic rings. The predicted molar refractivity (Wildman–Crippen MR) is 131 cm³/mol. The van der Waals surface area contributed by atoms with Crippen LogP contribution in [0, 0.1) is 6.92 Å². The van der Waals surface area contributed by atoms with Gasteiger partial charge in [0.15, 0.2) is 16.6 Å². The lowest BCUT2D eigenvalue weighted by Crippen LogP contribution is -2.36. The number of benzene rings is 2. The van der Waals surface area contributed by atoms with Crippen LogP contribution >= 0.6 is 11.3 Å². The van der Waals surface area contributed by atoms with Gasteiger partial charge in [-0.1, -0.05) is 17.4 Å². The number of ether oxygens (including phenoxy) is 4. The van der Waals surface area contributed by atoms with E-state index in [0.717, 1.165) is 40.8 Å². The molecule has 1 fully saturated rings. The van der Waals surface area contributed by atoms with Crippen LogP contribution in [-0.2, 0) is 9.53 Å². The number of aryl methyl sites for hydroxylation is 1. The molecule has 2 heterocycles. The molecule has 0 bridgehead atoms. The van der Waals surface area contributed by atoms with Crippen molar-refractivity contribution in [2.45, 2.75) is 25.9 Å². The Bertz CT molecular complexity index is 1140. The van der Waals surface area contributed by atoms with E-state index < -0.39 is 0 Å². The quantitative estimate of drug-likeness (QED) is 0.440. The molecule has 1 aliphatic rings. The monoisotopic (exact) mass is 468 g/mol. The van der Waals surface area contributed by atoms with Gasteiger partial charge in [-0.15, -0.1) is 0 Å². The van der Waals surface area contributed by atoms with Gasteiger partial charge in [-0.25, -0.2) is 4.98 Å². The van der Waals surface area contributed by atoms with Gasteiger partial charge < -0.3 is 18.9 Å². The summed E-state index contributed by atoms with van der Waals surface area (Å²) in [6.45, 7) is 3.25. The average Bonchev–Trinajstić information content (AvgIpc) is 3.49. The second-order valence-electron chi connectivity index (χ2n) is 7.84. The van der Waals surface area contributed by atoms with E-state index in [1.807, 2.05) is 19.1 Å². The molecule has 0 spiro atoms. The third kappa shape index (κ3) is 5.12. The van der Waals surface area contributed by atoms with Crippen molar-refractivity contribution in [3.05, 3.63) is 47.5 Å². The number of methoxy groups -OCH3 is 3. The van der Waals surface area contributed by atoms with Crippen molar-refractivity contribution >= 4 is 38.7 Å². The van der Waals surface area contributed by atoms with E-state index in [2.05, 4.69) is 6.07 Å². The van der Waals surface area contributed by atoms with Crippen LogP contribution in [0.5, 0.6) is 17.2 Å². The van der Waals surface area contributed by atoms with Gasteiger partial charge in [0.2, 0.25) is 5.75 Å². The highest BCUT2D eigenvalue weighted by atomic mass is 32.1.